The zero-order valence-corrected chi connectivity index (χ0v) is 16.6. The van der Waals surface area contributed by atoms with Crippen LogP contribution in [-0.2, 0) is 20.4 Å². The van der Waals surface area contributed by atoms with Crippen molar-refractivity contribution in [2.75, 3.05) is 44.3 Å². The third kappa shape index (κ3) is 5.20. The van der Waals surface area contributed by atoms with Gasteiger partial charge in [0, 0.05) is 38.9 Å². The first-order valence-electron chi connectivity index (χ1n) is 9.79. The zero-order valence-electron chi connectivity index (χ0n) is 16.6. The van der Waals surface area contributed by atoms with Gasteiger partial charge in [0.05, 0.1) is 23.2 Å². The summed E-state index contributed by atoms with van der Waals surface area (Å²) in [5.74, 6) is -0.186. The molecule has 1 aromatic rings. The Hall–Kier alpha value is -2.40. The van der Waals surface area contributed by atoms with E-state index in [4.69, 9.17) is 9.47 Å². The summed E-state index contributed by atoms with van der Waals surface area (Å²) >= 11 is 0. The van der Waals surface area contributed by atoms with Gasteiger partial charge in [-0.15, -0.1) is 0 Å². The molecule has 1 amide bonds. The first-order chi connectivity index (χ1) is 14.2. The highest BCUT2D eigenvalue weighted by atomic mass is 19.4. The maximum Gasteiger partial charge on any atom is 0.416 e. The van der Waals surface area contributed by atoms with Crippen molar-refractivity contribution in [2.45, 2.75) is 38.1 Å². The lowest BCUT2D eigenvalue weighted by Gasteiger charge is -2.37. The molecule has 8 nitrogen and oxygen atoms in total. The highest BCUT2D eigenvalue weighted by Crippen LogP contribution is 2.36. The molecular weight excluding hydrogens is 407 g/mol. The second kappa shape index (κ2) is 9.17. The Kier molecular flexibility index (Phi) is 6.81. The maximum atomic E-state index is 12.9. The minimum Gasteiger partial charge on any atom is -0.376 e. The fraction of sp³-hybridized carbons (Fsp3) is 0.632. The first-order valence-corrected chi connectivity index (χ1v) is 9.79. The van der Waals surface area contributed by atoms with Crippen LogP contribution < -0.4 is 4.90 Å². The number of anilines is 1. The summed E-state index contributed by atoms with van der Waals surface area (Å²) in [7, 11) is 0. The van der Waals surface area contributed by atoms with Crippen LogP contribution in [0.1, 0.15) is 25.3 Å². The van der Waals surface area contributed by atoms with Crippen molar-refractivity contribution >= 4 is 17.3 Å². The van der Waals surface area contributed by atoms with Crippen LogP contribution >= 0.6 is 0 Å². The van der Waals surface area contributed by atoms with Gasteiger partial charge in [0.15, 0.2) is 0 Å². The molecule has 11 heteroatoms. The van der Waals surface area contributed by atoms with Crippen molar-refractivity contribution in [3.8, 4) is 0 Å². The largest absolute Gasteiger partial charge is 0.416 e. The molecule has 0 aromatic heterocycles. The van der Waals surface area contributed by atoms with Crippen LogP contribution in [0.3, 0.4) is 0 Å². The number of hydrogen-bond donors (Lipinski definition) is 0. The minimum atomic E-state index is -4.66. The number of carbonyl (C=O) groups excluding carboxylic acids is 1. The number of piperazine rings is 1. The van der Waals surface area contributed by atoms with Crippen LogP contribution in [0.15, 0.2) is 18.2 Å². The smallest absolute Gasteiger partial charge is 0.376 e. The van der Waals surface area contributed by atoms with Crippen LogP contribution in [-0.4, -0.2) is 67.3 Å². The number of amides is 1. The van der Waals surface area contributed by atoms with E-state index in [-0.39, 0.29) is 30.8 Å². The van der Waals surface area contributed by atoms with E-state index >= 15 is 0 Å². The molecule has 0 spiro atoms. The molecule has 2 saturated heterocycles. The van der Waals surface area contributed by atoms with E-state index in [1.54, 1.807) is 16.7 Å². The number of hydrogen-bond acceptors (Lipinski definition) is 6. The first kappa shape index (κ1) is 22.3. The standard InChI is InChI=1S/C19H24F3N3O5/c1-13(30-12-15-3-2-10-29-15)18(26)24-8-6-23(7-9-24)16-5-4-14(19(20,21)22)11-17(16)25(27)28/h4-5,11,13,15H,2-3,6-10,12H2,1H3. The number of ether oxygens (including phenoxy) is 2. The van der Waals surface area contributed by atoms with E-state index < -0.39 is 28.5 Å². The van der Waals surface area contributed by atoms with Gasteiger partial charge in [-0.05, 0) is 31.9 Å². The molecule has 0 N–H and O–H groups in total. The third-order valence-corrected chi connectivity index (χ3v) is 5.34. The van der Waals surface area contributed by atoms with Crippen molar-refractivity contribution in [1.29, 1.82) is 0 Å². The Labute approximate surface area is 171 Å². The molecule has 166 valence electrons. The summed E-state index contributed by atoms with van der Waals surface area (Å²) in [6.07, 6.45) is -3.40. The van der Waals surface area contributed by atoms with Gasteiger partial charge in [-0.25, -0.2) is 0 Å². The average Bonchev–Trinajstić information content (AvgIpc) is 3.24. The number of alkyl halides is 3. The molecule has 1 aromatic carbocycles. The van der Waals surface area contributed by atoms with Gasteiger partial charge in [0.1, 0.15) is 11.8 Å². The zero-order chi connectivity index (χ0) is 21.9. The van der Waals surface area contributed by atoms with Crippen LogP contribution in [0, 0.1) is 10.1 Å². The lowest BCUT2D eigenvalue weighted by molar-refractivity contribution is -0.384. The molecule has 0 radical (unpaired) electrons. The predicted octanol–water partition coefficient (Wildman–Crippen LogP) is 2.85. The number of nitro benzene ring substituents is 1. The van der Waals surface area contributed by atoms with E-state index in [9.17, 15) is 28.1 Å². The highest BCUT2D eigenvalue weighted by molar-refractivity contribution is 5.81. The molecule has 2 atom stereocenters. The molecule has 2 aliphatic rings. The lowest BCUT2D eigenvalue weighted by Crippen LogP contribution is -2.51. The molecular formula is C19H24F3N3O5. The number of rotatable bonds is 6. The summed E-state index contributed by atoms with van der Waals surface area (Å²) in [6, 6.07) is 2.50. The topological polar surface area (TPSA) is 85.2 Å². The van der Waals surface area contributed by atoms with Gasteiger partial charge in [-0.2, -0.15) is 13.2 Å². The summed E-state index contributed by atoms with van der Waals surface area (Å²) in [5, 5.41) is 11.3. The van der Waals surface area contributed by atoms with Crippen molar-refractivity contribution in [2.24, 2.45) is 0 Å². The Bertz CT molecular complexity index is 775. The van der Waals surface area contributed by atoms with Crippen LogP contribution in [0.25, 0.3) is 0 Å². The summed E-state index contributed by atoms with van der Waals surface area (Å²) < 4.78 is 49.7. The quantitative estimate of drug-likeness (QED) is 0.509. The third-order valence-electron chi connectivity index (χ3n) is 5.34. The lowest BCUT2D eigenvalue weighted by atomic mass is 10.1. The molecule has 2 unspecified atom stereocenters. The second-order valence-corrected chi connectivity index (χ2v) is 7.38. The van der Waals surface area contributed by atoms with Gasteiger partial charge in [0.2, 0.25) is 0 Å². The Morgan fingerprint density at radius 2 is 2.03 bits per heavy atom. The Morgan fingerprint density at radius 3 is 2.60 bits per heavy atom. The average molecular weight is 431 g/mol. The van der Waals surface area contributed by atoms with E-state index in [0.29, 0.717) is 32.4 Å². The number of nitrogens with zero attached hydrogens (tertiary/aromatic N) is 3. The van der Waals surface area contributed by atoms with Crippen molar-refractivity contribution in [1.82, 2.24) is 4.90 Å². The molecule has 0 aliphatic carbocycles. The minimum absolute atomic E-state index is 0.0114. The van der Waals surface area contributed by atoms with E-state index in [1.807, 2.05) is 0 Å². The normalized spacial score (nSPS) is 21.0. The van der Waals surface area contributed by atoms with Gasteiger partial charge in [-0.1, -0.05) is 0 Å². The predicted molar refractivity (Wildman–Crippen MR) is 101 cm³/mol. The van der Waals surface area contributed by atoms with Gasteiger partial charge in [-0.3, -0.25) is 14.9 Å². The fourth-order valence-electron chi connectivity index (χ4n) is 3.64. The molecule has 2 heterocycles. The van der Waals surface area contributed by atoms with E-state index in [0.717, 1.165) is 25.0 Å². The number of halogens is 3. The molecule has 0 saturated carbocycles. The van der Waals surface area contributed by atoms with Crippen LogP contribution in [0.2, 0.25) is 0 Å². The van der Waals surface area contributed by atoms with Gasteiger partial charge < -0.3 is 19.3 Å². The van der Waals surface area contributed by atoms with Crippen LogP contribution in [0.5, 0.6) is 0 Å². The monoisotopic (exact) mass is 431 g/mol. The van der Waals surface area contributed by atoms with Gasteiger partial charge in [0.25, 0.3) is 11.6 Å². The maximum absolute atomic E-state index is 12.9. The van der Waals surface area contributed by atoms with Crippen molar-refractivity contribution in [3.63, 3.8) is 0 Å². The molecule has 3 rings (SSSR count). The molecule has 2 fully saturated rings. The Balaban J connectivity index is 1.59. The van der Waals surface area contributed by atoms with E-state index in [1.165, 1.54) is 0 Å². The van der Waals surface area contributed by atoms with E-state index in [2.05, 4.69) is 0 Å². The van der Waals surface area contributed by atoms with Gasteiger partial charge >= 0.3 is 6.18 Å². The molecule has 2 aliphatic heterocycles. The molecule has 30 heavy (non-hydrogen) atoms. The number of nitro groups is 1. The summed E-state index contributed by atoms with van der Waals surface area (Å²) in [6.45, 7) is 3.87. The number of benzene rings is 1. The summed E-state index contributed by atoms with van der Waals surface area (Å²) in [4.78, 5) is 26.3. The van der Waals surface area contributed by atoms with Crippen molar-refractivity contribution < 1.29 is 32.4 Å². The Morgan fingerprint density at radius 1 is 1.33 bits per heavy atom. The van der Waals surface area contributed by atoms with Crippen LogP contribution in [0.4, 0.5) is 24.5 Å². The second-order valence-electron chi connectivity index (χ2n) is 7.38. The molecule has 0 bridgehead atoms. The van der Waals surface area contributed by atoms with Crippen molar-refractivity contribution in [3.05, 3.63) is 33.9 Å². The SMILES string of the molecule is CC(OCC1CCCO1)C(=O)N1CCN(c2ccc(C(F)(F)F)cc2[N+](=O)[O-])CC1. The highest BCUT2D eigenvalue weighted by Gasteiger charge is 2.35. The number of carbonyl (C=O) groups is 1. The summed E-state index contributed by atoms with van der Waals surface area (Å²) in [5.41, 5.74) is -1.55. The fourth-order valence-corrected chi connectivity index (χ4v) is 3.64.